The van der Waals surface area contributed by atoms with Crippen molar-refractivity contribution < 1.29 is 4.79 Å². The molecular weight excluding hydrogens is 375 g/mol. The van der Waals surface area contributed by atoms with Crippen LogP contribution >= 0.6 is 35.0 Å². The Bertz CT molecular complexity index is 453. The first kappa shape index (κ1) is 16.7. The van der Waals surface area contributed by atoms with Crippen LogP contribution in [-0.4, -0.2) is 11.9 Å². The molecule has 0 saturated heterocycles. The largest absolute Gasteiger partial charge is 0.327 e. The van der Waals surface area contributed by atoms with Crippen molar-refractivity contribution in [1.29, 1.82) is 0 Å². The predicted octanol–water partition coefficient (Wildman–Crippen LogP) is 3.48. The van der Waals surface area contributed by atoms with E-state index in [1.165, 1.54) is 9.13 Å². The Morgan fingerprint density at radius 1 is 1.47 bits per heavy atom. The van der Waals surface area contributed by atoms with Gasteiger partial charge in [0.05, 0.1) is 0 Å². The van der Waals surface area contributed by atoms with Crippen LogP contribution in [0, 0.1) is 16.4 Å². The highest BCUT2D eigenvalue weighted by Crippen LogP contribution is 2.27. The third-order valence-corrected chi connectivity index (χ3v) is 4.78. The Morgan fingerprint density at radius 3 is 2.79 bits per heavy atom. The lowest BCUT2D eigenvalue weighted by molar-refractivity contribution is -0.117. The number of carbonyl (C=O) groups excluding carboxylic acids is 1. The van der Waals surface area contributed by atoms with Gasteiger partial charge >= 0.3 is 0 Å². The van der Waals surface area contributed by atoms with E-state index in [-0.39, 0.29) is 24.4 Å². The number of halogens is 2. The van der Waals surface area contributed by atoms with E-state index < -0.39 is 0 Å². The molecule has 3 nitrogen and oxygen atoms in total. The van der Waals surface area contributed by atoms with E-state index in [9.17, 15) is 4.79 Å². The monoisotopic (exact) mass is 394 g/mol. The molecule has 0 aliphatic heterocycles. The molecule has 1 saturated carbocycles. The zero-order chi connectivity index (χ0) is 13.1. The molecule has 5 heteroatoms. The molecular formula is C14H20ClIN2O. The van der Waals surface area contributed by atoms with Crippen LogP contribution in [0.4, 0.5) is 5.69 Å². The number of benzene rings is 1. The van der Waals surface area contributed by atoms with Crippen molar-refractivity contribution in [2.45, 2.75) is 38.6 Å². The van der Waals surface area contributed by atoms with Crippen LogP contribution in [0.3, 0.4) is 0 Å². The first-order valence-corrected chi connectivity index (χ1v) is 7.45. The molecule has 19 heavy (non-hydrogen) atoms. The van der Waals surface area contributed by atoms with E-state index in [0.29, 0.717) is 12.3 Å². The molecule has 106 valence electrons. The maximum Gasteiger partial charge on any atom is 0.224 e. The Hall–Kier alpha value is -0.330. The molecule has 1 aromatic rings. The molecule has 0 unspecified atom stereocenters. The Balaban J connectivity index is 0.00000180. The topological polar surface area (TPSA) is 55.1 Å². The summed E-state index contributed by atoms with van der Waals surface area (Å²) in [5.74, 6) is 0.437. The normalized spacial score (nSPS) is 21.8. The fourth-order valence-corrected chi connectivity index (χ4v) is 2.96. The third-order valence-electron chi connectivity index (χ3n) is 3.62. The van der Waals surface area contributed by atoms with Crippen molar-refractivity contribution in [3.8, 4) is 0 Å². The van der Waals surface area contributed by atoms with Crippen LogP contribution < -0.4 is 11.1 Å². The standard InChI is InChI=1S/C14H19IN2O.ClH/c1-9-5-6-11(8-12(9)15)17-14(18)7-10-3-2-4-13(10)16;/h5-6,8,10,13H,2-4,7,16H2,1H3,(H,17,18);1H/t10-,13+;/m0./s1. The lowest BCUT2D eigenvalue weighted by atomic mass is 10.00. The number of nitrogens with two attached hydrogens (primary N) is 1. The molecule has 0 radical (unpaired) electrons. The van der Waals surface area contributed by atoms with Crippen molar-refractivity contribution in [1.82, 2.24) is 0 Å². The first-order valence-electron chi connectivity index (χ1n) is 6.38. The maximum absolute atomic E-state index is 11.9. The number of aryl methyl sites for hydroxylation is 1. The predicted molar refractivity (Wildman–Crippen MR) is 89.7 cm³/mol. The Morgan fingerprint density at radius 2 is 2.21 bits per heavy atom. The second-order valence-electron chi connectivity index (χ2n) is 5.07. The summed E-state index contributed by atoms with van der Waals surface area (Å²) < 4.78 is 1.17. The van der Waals surface area contributed by atoms with Gasteiger partial charge in [0.15, 0.2) is 0 Å². The molecule has 2 rings (SSSR count). The molecule has 3 N–H and O–H groups in total. The van der Waals surface area contributed by atoms with Gasteiger partial charge in [0.25, 0.3) is 0 Å². The second-order valence-corrected chi connectivity index (χ2v) is 6.23. The van der Waals surface area contributed by atoms with Crippen molar-refractivity contribution in [2.24, 2.45) is 11.7 Å². The molecule has 0 bridgehead atoms. The minimum Gasteiger partial charge on any atom is -0.327 e. The molecule has 0 heterocycles. The summed E-state index contributed by atoms with van der Waals surface area (Å²) in [5.41, 5.74) is 8.09. The molecule has 1 fully saturated rings. The number of carbonyl (C=O) groups is 1. The highest BCUT2D eigenvalue weighted by molar-refractivity contribution is 14.1. The van der Waals surface area contributed by atoms with Crippen LogP contribution in [0.15, 0.2) is 18.2 Å². The smallest absolute Gasteiger partial charge is 0.224 e. The number of nitrogens with one attached hydrogen (secondary N) is 1. The van der Waals surface area contributed by atoms with Gasteiger partial charge in [0, 0.05) is 21.7 Å². The lowest BCUT2D eigenvalue weighted by Crippen LogP contribution is -2.28. The Labute approximate surface area is 134 Å². The van der Waals surface area contributed by atoms with Gasteiger partial charge in [-0.25, -0.2) is 0 Å². The third kappa shape index (κ3) is 4.61. The van der Waals surface area contributed by atoms with Crippen LogP contribution in [0.1, 0.15) is 31.2 Å². The maximum atomic E-state index is 11.9. The molecule has 1 aromatic carbocycles. The van der Waals surface area contributed by atoms with Crippen LogP contribution in [0.5, 0.6) is 0 Å². The van der Waals surface area contributed by atoms with E-state index in [0.717, 1.165) is 24.9 Å². The van der Waals surface area contributed by atoms with Gasteiger partial charge in [-0.15, -0.1) is 12.4 Å². The highest BCUT2D eigenvalue weighted by atomic mass is 127. The summed E-state index contributed by atoms with van der Waals surface area (Å²) in [6.45, 7) is 2.06. The van der Waals surface area contributed by atoms with Crippen LogP contribution in [0.25, 0.3) is 0 Å². The van der Waals surface area contributed by atoms with Crippen molar-refractivity contribution in [3.63, 3.8) is 0 Å². The lowest BCUT2D eigenvalue weighted by Gasteiger charge is -2.15. The summed E-state index contributed by atoms with van der Waals surface area (Å²) in [6, 6.07) is 6.18. The number of rotatable bonds is 3. The fourth-order valence-electron chi connectivity index (χ4n) is 2.44. The Kier molecular flexibility index (Phi) is 6.56. The van der Waals surface area contributed by atoms with Gasteiger partial charge in [-0.2, -0.15) is 0 Å². The van der Waals surface area contributed by atoms with Crippen molar-refractivity contribution >= 4 is 46.6 Å². The summed E-state index contributed by atoms with van der Waals surface area (Å²) >= 11 is 2.28. The highest BCUT2D eigenvalue weighted by Gasteiger charge is 2.25. The average molecular weight is 395 g/mol. The van der Waals surface area contributed by atoms with Gasteiger partial charge in [-0.3, -0.25) is 4.79 Å². The van der Waals surface area contributed by atoms with Gasteiger partial charge in [-0.05, 0) is 66.0 Å². The van der Waals surface area contributed by atoms with E-state index >= 15 is 0 Å². The fraction of sp³-hybridized carbons (Fsp3) is 0.500. The zero-order valence-corrected chi connectivity index (χ0v) is 14.0. The van der Waals surface area contributed by atoms with Gasteiger partial charge in [0.2, 0.25) is 5.91 Å². The first-order chi connectivity index (χ1) is 8.56. The van der Waals surface area contributed by atoms with E-state index in [1.807, 2.05) is 18.2 Å². The molecule has 0 aromatic heterocycles. The minimum absolute atomic E-state index is 0. The summed E-state index contributed by atoms with van der Waals surface area (Å²) in [7, 11) is 0. The number of hydrogen-bond acceptors (Lipinski definition) is 2. The molecule has 2 atom stereocenters. The number of anilines is 1. The van der Waals surface area contributed by atoms with E-state index in [2.05, 4.69) is 34.8 Å². The van der Waals surface area contributed by atoms with E-state index in [4.69, 9.17) is 5.73 Å². The summed E-state index contributed by atoms with van der Waals surface area (Å²) in [6.07, 6.45) is 3.84. The molecule has 0 spiro atoms. The molecule has 1 aliphatic carbocycles. The van der Waals surface area contributed by atoms with Gasteiger partial charge < -0.3 is 11.1 Å². The van der Waals surface area contributed by atoms with Gasteiger partial charge in [-0.1, -0.05) is 12.5 Å². The van der Waals surface area contributed by atoms with Gasteiger partial charge in [0.1, 0.15) is 0 Å². The summed E-state index contributed by atoms with van der Waals surface area (Å²) in [4.78, 5) is 11.9. The van der Waals surface area contributed by atoms with Crippen molar-refractivity contribution in [3.05, 3.63) is 27.3 Å². The van der Waals surface area contributed by atoms with E-state index in [1.54, 1.807) is 0 Å². The number of amides is 1. The quantitative estimate of drug-likeness (QED) is 0.771. The molecule has 1 aliphatic rings. The number of hydrogen-bond donors (Lipinski definition) is 2. The second kappa shape index (κ2) is 7.45. The molecule has 1 amide bonds. The zero-order valence-electron chi connectivity index (χ0n) is 11.0. The average Bonchev–Trinajstić information content (AvgIpc) is 2.70. The SMILES string of the molecule is Cc1ccc(NC(=O)C[C@@H]2CCC[C@H]2N)cc1I.Cl. The minimum atomic E-state index is 0. The van der Waals surface area contributed by atoms with Crippen LogP contribution in [-0.2, 0) is 4.79 Å². The van der Waals surface area contributed by atoms with Crippen LogP contribution in [0.2, 0.25) is 0 Å². The summed E-state index contributed by atoms with van der Waals surface area (Å²) in [5, 5.41) is 2.96. The van der Waals surface area contributed by atoms with Crippen molar-refractivity contribution in [2.75, 3.05) is 5.32 Å².